The van der Waals surface area contributed by atoms with Gasteiger partial charge in [-0.1, -0.05) is 60.7 Å². The van der Waals surface area contributed by atoms with Gasteiger partial charge >= 0.3 is 12.1 Å². The molecule has 0 saturated heterocycles. The Morgan fingerprint density at radius 3 is 2.24 bits per heavy atom. The fourth-order valence-electron chi connectivity index (χ4n) is 4.09. The van der Waals surface area contributed by atoms with Crippen LogP contribution in [-0.4, -0.2) is 39.4 Å². The summed E-state index contributed by atoms with van der Waals surface area (Å²) < 4.78 is 15.6. The van der Waals surface area contributed by atoms with Crippen molar-refractivity contribution < 1.29 is 23.8 Å². The summed E-state index contributed by atoms with van der Waals surface area (Å²) in [7, 11) is 2.89. The first-order chi connectivity index (χ1) is 16.1. The fourth-order valence-corrected chi connectivity index (χ4v) is 4.09. The van der Waals surface area contributed by atoms with Crippen molar-refractivity contribution >= 4 is 18.1 Å². The molecular formula is C27H25NO5. The third-order valence-corrected chi connectivity index (χ3v) is 5.66. The van der Waals surface area contributed by atoms with Crippen LogP contribution in [0.2, 0.25) is 0 Å². The zero-order valence-corrected chi connectivity index (χ0v) is 18.5. The highest BCUT2D eigenvalue weighted by Crippen LogP contribution is 2.44. The second-order valence-corrected chi connectivity index (χ2v) is 7.56. The molecule has 0 saturated carbocycles. The second-order valence-electron chi connectivity index (χ2n) is 7.56. The lowest BCUT2D eigenvalue weighted by Gasteiger charge is -2.14. The molecule has 3 aromatic rings. The van der Waals surface area contributed by atoms with E-state index in [4.69, 9.17) is 14.2 Å². The number of amides is 1. The normalized spacial score (nSPS) is 12.2. The highest BCUT2D eigenvalue weighted by atomic mass is 16.5. The molecule has 0 radical (unpaired) electrons. The van der Waals surface area contributed by atoms with Gasteiger partial charge in [-0.25, -0.2) is 9.59 Å². The van der Waals surface area contributed by atoms with E-state index in [1.54, 1.807) is 37.5 Å². The molecule has 3 aromatic carbocycles. The Balaban J connectivity index is 1.35. The third-order valence-electron chi connectivity index (χ3n) is 5.66. The molecule has 168 valence electrons. The number of esters is 1. The summed E-state index contributed by atoms with van der Waals surface area (Å²) in [6, 6.07) is 21.4. The van der Waals surface area contributed by atoms with Gasteiger partial charge in [0.15, 0.2) is 0 Å². The number of ether oxygens (including phenoxy) is 3. The number of methoxy groups -OCH3 is 2. The number of carbonyl (C=O) groups excluding carboxylic acids is 2. The van der Waals surface area contributed by atoms with Crippen LogP contribution < -0.4 is 10.1 Å². The van der Waals surface area contributed by atoms with E-state index in [-0.39, 0.29) is 19.1 Å². The van der Waals surface area contributed by atoms with Gasteiger partial charge in [0, 0.05) is 18.0 Å². The van der Waals surface area contributed by atoms with Crippen molar-refractivity contribution in [1.82, 2.24) is 5.32 Å². The van der Waals surface area contributed by atoms with Crippen LogP contribution in [0.1, 0.15) is 33.0 Å². The molecule has 1 aliphatic carbocycles. The van der Waals surface area contributed by atoms with E-state index in [0.717, 1.165) is 0 Å². The van der Waals surface area contributed by atoms with Crippen molar-refractivity contribution in [2.45, 2.75) is 5.92 Å². The third kappa shape index (κ3) is 4.75. The number of benzene rings is 3. The van der Waals surface area contributed by atoms with Crippen LogP contribution in [0.15, 0.2) is 72.8 Å². The van der Waals surface area contributed by atoms with E-state index in [2.05, 4.69) is 29.6 Å². The quantitative estimate of drug-likeness (QED) is 0.518. The molecule has 6 heteroatoms. The van der Waals surface area contributed by atoms with Gasteiger partial charge in [-0.05, 0) is 40.5 Å². The summed E-state index contributed by atoms with van der Waals surface area (Å²) in [4.78, 5) is 24.0. The van der Waals surface area contributed by atoms with Gasteiger partial charge in [-0.15, -0.1) is 0 Å². The first kappa shape index (κ1) is 22.1. The second kappa shape index (κ2) is 10.0. The van der Waals surface area contributed by atoms with E-state index in [1.165, 1.54) is 29.4 Å². The molecule has 4 rings (SSSR count). The molecule has 0 heterocycles. The number of hydrogen-bond acceptors (Lipinski definition) is 5. The standard InChI is InChI=1S/C27H25NO5/c1-31-25-14-13-19(26(29)32-2)16-18(25)8-7-15-28-27(30)33-17-24-22-11-5-3-9-20(22)21-10-4-6-12-23(21)24/h3-14,16,24H,15,17H2,1-2H3,(H,28,30). The van der Waals surface area contributed by atoms with E-state index in [0.29, 0.717) is 16.9 Å². The molecule has 33 heavy (non-hydrogen) atoms. The van der Waals surface area contributed by atoms with Crippen molar-refractivity contribution in [2.75, 3.05) is 27.4 Å². The van der Waals surface area contributed by atoms with Crippen molar-refractivity contribution in [2.24, 2.45) is 0 Å². The van der Waals surface area contributed by atoms with Crippen LogP contribution in [-0.2, 0) is 9.47 Å². The predicted molar refractivity (Wildman–Crippen MR) is 126 cm³/mol. The van der Waals surface area contributed by atoms with Gasteiger partial charge in [0.2, 0.25) is 0 Å². The van der Waals surface area contributed by atoms with Crippen LogP contribution in [0.25, 0.3) is 17.2 Å². The van der Waals surface area contributed by atoms with Gasteiger partial charge in [-0.2, -0.15) is 0 Å². The Labute approximate surface area is 192 Å². The Morgan fingerprint density at radius 1 is 0.939 bits per heavy atom. The van der Waals surface area contributed by atoms with Crippen LogP contribution in [0.4, 0.5) is 4.79 Å². The lowest BCUT2D eigenvalue weighted by atomic mass is 9.98. The van der Waals surface area contributed by atoms with Crippen LogP contribution >= 0.6 is 0 Å². The molecule has 6 nitrogen and oxygen atoms in total. The first-order valence-electron chi connectivity index (χ1n) is 10.6. The van der Waals surface area contributed by atoms with E-state index < -0.39 is 12.1 Å². The summed E-state index contributed by atoms with van der Waals surface area (Å²) in [5.74, 6) is 0.202. The van der Waals surface area contributed by atoms with Crippen LogP contribution in [0.5, 0.6) is 5.75 Å². The monoisotopic (exact) mass is 443 g/mol. The molecule has 1 N–H and O–H groups in total. The van der Waals surface area contributed by atoms with E-state index in [9.17, 15) is 9.59 Å². The lowest BCUT2D eigenvalue weighted by Crippen LogP contribution is -2.26. The highest BCUT2D eigenvalue weighted by molar-refractivity contribution is 5.90. The molecule has 0 fully saturated rings. The lowest BCUT2D eigenvalue weighted by molar-refractivity contribution is 0.0600. The Kier molecular flexibility index (Phi) is 6.74. The molecule has 0 bridgehead atoms. The van der Waals surface area contributed by atoms with Crippen LogP contribution in [0.3, 0.4) is 0 Å². The summed E-state index contributed by atoms with van der Waals surface area (Å²) >= 11 is 0. The van der Waals surface area contributed by atoms with Gasteiger partial charge < -0.3 is 19.5 Å². The van der Waals surface area contributed by atoms with Crippen molar-refractivity contribution in [1.29, 1.82) is 0 Å². The maximum absolute atomic E-state index is 12.3. The van der Waals surface area contributed by atoms with Crippen LogP contribution in [0, 0.1) is 0 Å². The molecule has 0 aliphatic heterocycles. The van der Waals surface area contributed by atoms with E-state index >= 15 is 0 Å². The van der Waals surface area contributed by atoms with E-state index in [1.807, 2.05) is 24.3 Å². The topological polar surface area (TPSA) is 73.9 Å². The summed E-state index contributed by atoms with van der Waals surface area (Å²) in [5.41, 5.74) is 5.84. The average Bonchev–Trinajstić information content (AvgIpc) is 3.18. The molecule has 0 unspecified atom stereocenters. The maximum atomic E-state index is 12.3. The number of fused-ring (bicyclic) bond motifs is 3. The minimum absolute atomic E-state index is 0.0176. The average molecular weight is 443 g/mol. The van der Waals surface area contributed by atoms with Crippen molar-refractivity contribution in [3.8, 4) is 16.9 Å². The van der Waals surface area contributed by atoms with Gasteiger partial charge in [0.05, 0.1) is 19.8 Å². The van der Waals surface area contributed by atoms with Gasteiger partial charge in [0.25, 0.3) is 0 Å². The fraction of sp³-hybridized carbons (Fsp3) is 0.185. The number of hydrogen-bond donors (Lipinski definition) is 1. The van der Waals surface area contributed by atoms with Gasteiger partial charge in [0.1, 0.15) is 12.4 Å². The predicted octanol–water partition coefficient (Wildman–Crippen LogP) is 5.03. The Morgan fingerprint density at radius 2 is 1.61 bits per heavy atom. The largest absolute Gasteiger partial charge is 0.496 e. The van der Waals surface area contributed by atoms with Gasteiger partial charge in [-0.3, -0.25) is 0 Å². The number of nitrogens with one attached hydrogen (secondary N) is 1. The molecule has 1 amide bonds. The Hall–Kier alpha value is -4.06. The zero-order chi connectivity index (χ0) is 23.2. The minimum Gasteiger partial charge on any atom is -0.496 e. The first-order valence-corrected chi connectivity index (χ1v) is 10.6. The summed E-state index contributed by atoms with van der Waals surface area (Å²) in [5, 5.41) is 2.73. The molecular weight excluding hydrogens is 418 g/mol. The molecule has 0 aromatic heterocycles. The van der Waals surface area contributed by atoms with Crippen molar-refractivity contribution in [3.63, 3.8) is 0 Å². The zero-order valence-electron chi connectivity index (χ0n) is 18.5. The number of rotatable bonds is 7. The number of alkyl carbamates (subject to hydrolysis) is 1. The molecule has 0 atom stereocenters. The smallest absolute Gasteiger partial charge is 0.407 e. The van der Waals surface area contributed by atoms with Crippen molar-refractivity contribution in [3.05, 3.63) is 95.1 Å². The minimum atomic E-state index is -0.489. The Bertz CT molecular complexity index is 1160. The molecule has 0 spiro atoms. The molecule has 1 aliphatic rings. The summed E-state index contributed by atoms with van der Waals surface area (Å²) in [6.45, 7) is 0.529. The summed E-state index contributed by atoms with van der Waals surface area (Å²) in [6.07, 6.45) is 3.05. The SMILES string of the molecule is COC(=O)c1ccc(OC)c(C=CCNC(=O)OCC2c3ccccc3-c3ccccc32)c1. The maximum Gasteiger partial charge on any atom is 0.407 e. The number of carbonyl (C=O) groups is 2. The highest BCUT2D eigenvalue weighted by Gasteiger charge is 2.28.